The van der Waals surface area contributed by atoms with Gasteiger partial charge in [0.15, 0.2) is 5.82 Å². The number of aromatic nitrogens is 2. The van der Waals surface area contributed by atoms with Gasteiger partial charge in [0, 0.05) is 68.5 Å². The summed E-state index contributed by atoms with van der Waals surface area (Å²) in [6, 6.07) is 8.79. The van der Waals surface area contributed by atoms with E-state index in [2.05, 4.69) is 56.6 Å². The highest BCUT2D eigenvalue weighted by molar-refractivity contribution is 5.75. The van der Waals surface area contributed by atoms with Crippen molar-refractivity contribution in [2.45, 2.75) is 52.1 Å². The lowest BCUT2D eigenvalue weighted by molar-refractivity contribution is 0.189. The highest BCUT2D eigenvalue weighted by atomic mass is 16.2. The summed E-state index contributed by atoms with van der Waals surface area (Å²) in [6.07, 6.45) is 4.44. The number of nitrogens with zero attached hydrogens (tertiary/aromatic N) is 6. The quantitative estimate of drug-likeness (QED) is 0.517. The van der Waals surface area contributed by atoms with Gasteiger partial charge in [0.2, 0.25) is 0 Å². The van der Waals surface area contributed by atoms with Gasteiger partial charge in [-0.1, -0.05) is 0 Å². The van der Waals surface area contributed by atoms with E-state index < -0.39 is 0 Å². The van der Waals surface area contributed by atoms with E-state index in [0.717, 1.165) is 80.6 Å². The van der Waals surface area contributed by atoms with Crippen LogP contribution in [0, 0.1) is 0 Å². The van der Waals surface area contributed by atoms with Crippen LogP contribution in [0.5, 0.6) is 0 Å². The third kappa shape index (κ3) is 6.56. The van der Waals surface area contributed by atoms with Crippen LogP contribution in [0.1, 0.15) is 44.4 Å². The molecule has 1 aromatic heterocycles. The van der Waals surface area contributed by atoms with Crippen molar-refractivity contribution in [2.24, 2.45) is 0 Å². The molecule has 3 aliphatic heterocycles. The van der Waals surface area contributed by atoms with Crippen LogP contribution >= 0.6 is 0 Å². The SMILES string of the molecule is CC(C)NC(=O)N1CCc2nc(-c3ccc(N4CCN(C)CC4)cc3)nc(NCCCN3CCCC3)c2C1. The molecule has 9 heteroatoms. The Bertz CT molecular complexity index is 1070. The molecule has 5 rings (SSSR count). The van der Waals surface area contributed by atoms with Crippen molar-refractivity contribution in [3.05, 3.63) is 35.5 Å². The summed E-state index contributed by atoms with van der Waals surface area (Å²) in [7, 11) is 2.18. The molecule has 2 saturated heterocycles. The second-order valence-electron chi connectivity index (χ2n) is 11.3. The highest BCUT2D eigenvalue weighted by Crippen LogP contribution is 2.29. The number of hydrogen-bond donors (Lipinski definition) is 2. The Morgan fingerprint density at radius 3 is 2.42 bits per heavy atom. The minimum atomic E-state index is -0.0193. The number of urea groups is 1. The van der Waals surface area contributed by atoms with Crippen LogP contribution in [-0.4, -0.2) is 103 Å². The first-order valence-electron chi connectivity index (χ1n) is 14.4. The average molecular weight is 521 g/mol. The van der Waals surface area contributed by atoms with Crippen molar-refractivity contribution in [2.75, 3.05) is 76.2 Å². The predicted octanol–water partition coefficient (Wildman–Crippen LogP) is 3.27. The molecular formula is C29H44N8O. The number of fused-ring (bicyclic) bond motifs is 1. The van der Waals surface area contributed by atoms with Gasteiger partial charge in [0.25, 0.3) is 0 Å². The predicted molar refractivity (Wildman–Crippen MR) is 154 cm³/mol. The Kier molecular flexibility index (Phi) is 8.64. The minimum absolute atomic E-state index is 0.0193. The second kappa shape index (κ2) is 12.3. The zero-order valence-electron chi connectivity index (χ0n) is 23.4. The highest BCUT2D eigenvalue weighted by Gasteiger charge is 2.26. The fraction of sp³-hybridized carbons (Fsp3) is 0.621. The summed E-state index contributed by atoms with van der Waals surface area (Å²) in [4.78, 5) is 32.0. The number of amides is 2. The molecule has 2 N–H and O–H groups in total. The average Bonchev–Trinajstić information content (AvgIpc) is 3.44. The number of carbonyl (C=O) groups excluding carboxylic acids is 1. The zero-order valence-corrected chi connectivity index (χ0v) is 23.4. The number of anilines is 2. The molecule has 3 aliphatic rings. The van der Waals surface area contributed by atoms with Crippen LogP contribution in [0.3, 0.4) is 0 Å². The standard InChI is InChI=1S/C29H44N8O/c1-22(2)31-29(38)37-16-11-26-25(21-37)28(30-12-6-15-35-13-4-5-14-35)33-27(32-26)23-7-9-24(10-8-23)36-19-17-34(3)18-20-36/h7-10,22H,4-6,11-21H2,1-3H3,(H,31,38)(H,30,32,33). The van der Waals surface area contributed by atoms with Gasteiger partial charge < -0.3 is 30.2 Å². The third-order valence-electron chi connectivity index (χ3n) is 7.90. The molecule has 2 amide bonds. The summed E-state index contributed by atoms with van der Waals surface area (Å²) < 4.78 is 0. The number of carbonyl (C=O) groups is 1. The Balaban J connectivity index is 1.33. The van der Waals surface area contributed by atoms with Crippen molar-refractivity contribution in [3.63, 3.8) is 0 Å². The van der Waals surface area contributed by atoms with Crippen LogP contribution in [0.15, 0.2) is 24.3 Å². The number of rotatable bonds is 8. The Hall–Kier alpha value is -2.91. The Morgan fingerprint density at radius 1 is 0.974 bits per heavy atom. The first-order chi connectivity index (χ1) is 18.5. The Morgan fingerprint density at radius 2 is 1.71 bits per heavy atom. The molecule has 0 aliphatic carbocycles. The molecule has 206 valence electrons. The summed E-state index contributed by atoms with van der Waals surface area (Å²) in [6.45, 7) is 13.9. The number of hydrogen-bond acceptors (Lipinski definition) is 7. The smallest absolute Gasteiger partial charge is 0.317 e. The van der Waals surface area contributed by atoms with Crippen molar-refractivity contribution < 1.29 is 4.79 Å². The summed E-state index contributed by atoms with van der Waals surface area (Å²) in [5, 5.41) is 6.66. The first kappa shape index (κ1) is 26.7. The fourth-order valence-electron chi connectivity index (χ4n) is 5.60. The summed E-state index contributed by atoms with van der Waals surface area (Å²) in [5.74, 6) is 1.63. The lowest BCUT2D eigenvalue weighted by atomic mass is 10.0. The van der Waals surface area contributed by atoms with E-state index in [0.29, 0.717) is 13.1 Å². The van der Waals surface area contributed by atoms with E-state index in [1.807, 2.05) is 18.7 Å². The van der Waals surface area contributed by atoms with Crippen LogP contribution < -0.4 is 15.5 Å². The maximum atomic E-state index is 12.7. The molecule has 38 heavy (non-hydrogen) atoms. The molecule has 0 radical (unpaired) electrons. The van der Waals surface area contributed by atoms with E-state index >= 15 is 0 Å². The monoisotopic (exact) mass is 520 g/mol. The number of piperazine rings is 1. The molecule has 2 aromatic rings. The molecule has 0 saturated carbocycles. The van der Waals surface area contributed by atoms with Crippen LogP contribution in [0.25, 0.3) is 11.4 Å². The van der Waals surface area contributed by atoms with Gasteiger partial charge in [-0.2, -0.15) is 0 Å². The minimum Gasteiger partial charge on any atom is -0.370 e. The lowest BCUT2D eigenvalue weighted by Gasteiger charge is -2.34. The molecule has 0 spiro atoms. The van der Waals surface area contributed by atoms with E-state index in [1.165, 1.54) is 31.6 Å². The molecular weight excluding hydrogens is 476 g/mol. The molecule has 9 nitrogen and oxygen atoms in total. The van der Waals surface area contributed by atoms with E-state index in [4.69, 9.17) is 9.97 Å². The van der Waals surface area contributed by atoms with Crippen LogP contribution in [0.2, 0.25) is 0 Å². The summed E-state index contributed by atoms with van der Waals surface area (Å²) in [5.41, 5.74) is 4.39. The second-order valence-corrected chi connectivity index (χ2v) is 11.3. The topological polar surface area (TPSA) is 79.9 Å². The first-order valence-corrected chi connectivity index (χ1v) is 14.4. The van der Waals surface area contributed by atoms with E-state index in [-0.39, 0.29) is 12.1 Å². The maximum Gasteiger partial charge on any atom is 0.317 e. The largest absolute Gasteiger partial charge is 0.370 e. The molecule has 4 heterocycles. The normalized spacial score (nSPS) is 18.6. The van der Waals surface area contributed by atoms with Gasteiger partial charge in [0.1, 0.15) is 5.82 Å². The van der Waals surface area contributed by atoms with Crippen LogP contribution in [-0.2, 0) is 13.0 Å². The maximum absolute atomic E-state index is 12.7. The van der Waals surface area contributed by atoms with E-state index in [1.54, 1.807) is 0 Å². The number of likely N-dealkylation sites (tertiary alicyclic amines) is 1. The molecule has 1 aromatic carbocycles. The van der Waals surface area contributed by atoms with Gasteiger partial charge in [-0.05, 0) is 84.1 Å². The van der Waals surface area contributed by atoms with Gasteiger partial charge in [-0.15, -0.1) is 0 Å². The molecule has 2 fully saturated rings. The van der Waals surface area contributed by atoms with Gasteiger partial charge in [0.05, 0.1) is 12.2 Å². The molecule has 0 atom stereocenters. The Labute approximate surface area is 227 Å². The van der Waals surface area contributed by atoms with Crippen LogP contribution in [0.4, 0.5) is 16.3 Å². The van der Waals surface area contributed by atoms with Gasteiger partial charge >= 0.3 is 6.03 Å². The van der Waals surface area contributed by atoms with Gasteiger partial charge in [-0.25, -0.2) is 14.8 Å². The number of nitrogens with one attached hydrogen (secondary N) is 2. The van der Waals surface area contributed by atoms with Crippen molar-refractivity contribution in [1.29, 1.82) is 0 Å². The van der Waals surface area contributed by atoms with Crippen molar-refractivity contribution >= 4 is 17.5 Å². The van der Waals surface area contributed by atoms with Crippen molar-refractivity contribution in [3.8, 4) is 11.4 Å². The van der Waals surface area contributed by atoms with Gasteiger partial charge in [-0.3, -0.25) is 0 Å². The van der Waals surface area contributed by atoms with E-state index in [9.17, 15) is 4.79 Å². The van der Waals surface area contributed by atoms with Crippen molar-refractivity contribution in [1.82, 2.24) is 30.0 Å². The number of benzene rings is 1. The zero-order chi connectivity index (χ0) is 26.5. The number of likely N-dealkylation sites (N-methyl/N-ethyl adjacent to an activating group) is 1. The summed E-state index contributed by atoms with van der Waals surface area (Å²) >= 11 is 0. The fourth-order valence-corrected chi connectivity index (χ4v) is 5.60. The molecule has 0 bridgehead atoms. The molecule has 0 unspecified atom stereocenters. The third-order valence-corrected chi connectivity index (χ3v) is 7.90. The lowest BCUT2D eigenvalue weighted by Crippen LogP contribution is -2.45.